The molecule has 0 bridgehead atoms. The van der Waals surface area contributed by atoms with Gasteiger partial charge in [0.05, 0.1) is 6.10 Å². The Labute approximate surface area is 124 Å². The minimum atomic E-state index is -0.0521. The summed E-state index contributed by atoms with van der Waals surface area (Å²) < 4.78 is 0. The average molecular weight is 279 g/mol. The van der Waals surface area contributed by atoms with Crippen LogP contribution in [0.2, 0.25) is 0 Å². The van der Waals surface area contributed by atoms with Crippen LogP contribution in [0.3, 0.4) is 0 Å². The van der Waals surface area contributed by atoms with Crippen LogP contribution in [0.1, 0.15) is 77.6 Å². The van der Waals surface area contributed by atoms with Gasteiger partial charge in [-0.15, -0.1) is 0 Å². The largest absolute Gasteiger partial charge is 0.391 e. The van der Waals surface area contributed by atoms with Crippen molar-refractivity contribution in [2.24, 2.45) is 11.8 Å². The Kier molecular flexibility index (Phi) is 5.04. The van der Waals surface area contributed by atoms with Gasteiger partial charge in [-0.1, -0.05) is 32.6 Å². The van der Waals surface area contributed by atoms with Crippen LogP contribution in [0.5, 0.6) is 0 Å². The number of piperidine rings is 1. The van der Waals surface area contributed by atoms with Gasteiger partial charge in [0, 0.05) is 12.1 Å². The zero-order valence-electron chi connectivity index (χ0n) is 13.3. The molecule has 2 nitrogen and oxygen atoms in total. The van der Waals surface area contributed by atoms with Crippen molar-refractivity contribution >= 4 is 0 Å². The van der Waals surface area contributed by atoms with E-state index < -0.39 is 0 Å². The third-order valence-electron chi connectivity index (χ3n) is 6.30. The minimum absolute atomic E-state index is 0.0521. The van der Waals surface area contributed by atoms with E-state index in [1.54, 1.807) is 0 Å². The first kappa shape index (κ1) is 14.8. The lowest BCUT2D eigenvalue weighted by Gasteiger charge is -2.50. The van der Waals surface area contributed by atoms with Gasteiger partial charge in [-0.05, 0) is 63.3 Å². The molecule has 2 aliphatic carbocycles. The molecular formula is C18H33NO. The molecule has 0 amide bonds. The summed E-state index contributed by atoms with van der Waals surface area (Å²) in [6.07, 6.45) is 14.7. The third kappa shape index (κ3) is 3.06. The van der Waals surface area contributed by atoms with Crippen LogP contribution < -0.4 is 0 Å². The lowest BCUT2D eigenvalue weighted by Crippen LogP contribution is -2.56. The van der Waals surface area contributed by atoms with Gasteiger partial charge in [-0.3, -0.25) is 4.90 Å². The van der Waals surface area contributed by atoms with Gasteiger partial charge in [0.1, 0.15) is 0 Å². The Morgan fingerprint density at radius 2 is 1.75 bits per heavy atom. The fourth-order valence-corrected chi connectivity index (χ4v) is 5.32. The highest BCUT2D eigenvalue weighted by Gasteiger charge is 2.41. The second kappa shape index (κ2) is 6.79. The van der Waals surface area contributed by atoms with Gasteiger partial charge >= 0.3 is 0 Å². The maximum Gasteiger partial charge on any atom is 0.0695 e. The second-order valence-corrected chi connectivity index (χ2v) is 7.59. The maximum absolute atomic E-state index is 10.6. The lowest BCUT2D eigenvalue weighted by molar-refractivity contribution is -0.0544. The monoisotopic (exact) mass is 279 g/mol. The smallest absolute Gasteiger partial charge is 0.0695 e. The molecule has 1 aliphatic heterocycles. The predicted molar refractivity (Wildman–Crippen MR) is 83.7 cm³/mol. The number of nitrogens with zero attached hydrogens (tertiary/aromatic N) is 1. The summed E-state index contributed by atoms with van der Waals surface area (Å²) in [5.41, 5.74) is 0. The molecule has 0 aromatic rings. The van der Waals surface area contributed by atoms with Crippen LogP contribution in [0, 0.1) is 11.8 Å². The van der Waals surface area contributed by atoms with Crippen molar-refractivity contribution in [3.8, 4) is 0 Å². The SMILES string of the molecule is CCCC1CCC(O)C(N2CCC[C@H]3CCCC[C@H]32)C1. The number of aliphatic hydroxyl groups excluding tert-OH is 1. The number of hydrogen-bond donors (Lipinski definition) is 1. The maximum atomic E-state index is 10.6. The summed E-state index contributed by atoms with van der Waals surface area (Å²) in [6.45, 7) is 3.56. The van der Waals surface area contributed by atoms with Crippen molar-refractivity contribution < 1.29 is 5.11 Å². The molecule has 116 valence electrons. The molecule has 5 atom stereocenters. The number of hydrogen-bond acceptors (Lipinski definition) is 2. The first-order valence-electron chi connectivity index (χ1n) is 9.23. The first-order chi connectivity index (χ1) is 9.79. The molecule has 3 aliphatic rings. The standard InChI is InChI=1S/C18H33NO/c1-2-6-14-10-11-18(20)17(13-14)19-12-5-8-15-7-3-4-9-16(15)19/h14-18,20H,2-13H2,1H3/t14?,15-,16-,17?,18?/m1/s1. The molecule has 3 rings (SSSR count). The molecule has 3 fully saturated rings. The molecule has 2 saturated carbocycles. The molecule has 1 heterocycles. The van der Waals surface area contributed by atoms with Crippen molar-refractivity contribution in [1.29, 1.82) is 0 Å². The Balaban J connectivity index is 1.68. The predicted octanol–water partition coefficient (Wildman–Crippen LogP) is 3.97. The molecule has 0 radical (unpaired) electrons. The topological polar surface area (TPSA) is 23.5 Å². The van der Waals surface area contributed by atoms with E-state index in [0.717, 1.165) is 24.3 Å². The van der Waals surface area contributed by atoms with E-state index in [9.17, 15) is 5.11 Å². The van der Waals surface area contributed by atoms with E-state index in [0.29, 0.717) is 6.04 Å². The van der Waals surface area contributed by atoms with Crippen LogP contribution in [-0.4, -0.2) is 34.7 Å². The van der Waals surface area contributed by atoms with Gasteiger partial charge in [-0.25, -0.2) is 0 Å². The summed E-state index contributed by atoms with van der Waals surface area (Å²) in [5.74, 6) is 1.81. The Hall–Kier alpha value is -0.0800. The van der Waals surface area contributed by atoms with E-state index in [1.165, 1.54) is 70.8 Å². The highest BCUT2D eigenvalue weighted by Crippen LogP contribution is 2.40. The summed E-state index contributed by atoms with van der Waals surface area (Å²) in [6, 6.07) is 1.28. The summed E-state index contributed by atoms with van der Waals surface area (Å²) in [5, 5.41) is 10.6. The van der Waals surface area contributed by atoms with Crippen molar-refractivity contribution in [3.63, 3.8) is 0 Å². The van der Waals surface area contributed by atoms with E-state index in [1.807, 2.05) is 0 Å². The molecule has 1 saturated heterocycles. The molecule has 0 spiro atoms. The van der Waals surface area contributed by atoms with Crippen molar-refractivity contribution in [1.82, 2.24) is 4.90 Å². The molecule has 0 aromatic heterocycles. The number of rotatable bonds is 3. The highest BCUT2D eigenvalue weighted by atomic mass is 16.3. The van der Waals surface area contributed by atoms with E-state index >= 15 is 0 Å². The Morgan fingerprint density at radius 1 is 0.950 bits per heavy atom. The van der Waals surface area contributed by atoms with Gasteiger partial charge in [-0.2, -0.15) is 0 Å². The van der Waals surface area contributed by atoms with Gasteiger partial charge in [0.2, 0.25) is 0 Å². The first-order valence-corrected chi connectivity index (χ1v) is 9.23. The number of fused-ring (bicyclic) bond motifs is 1. The summed E-state index contributed by atoms with van der Waals surface area (Å²) >= 11 is 0. The zero-order valence-corrected chi connectivity index (χ0v) is 13.3. The van der Waals surface area contributed by atoms with Crippen LogP contribution >= 0.6 is 0 Å². The van der Waals surface area contributed by atoms with Crippen LogP contribution in [0.15, 0.2) is 0 Å². The Bertz CT molecular complexity index is 304. The number of likely N-dealkylation sites (tertiary alicyclic amines) is 1. The lowest BCUT2D eigenvalue weighted by atomic mass is 9.74. The molecule has 0 aromatic carbocycles. The summed E-state index contributed by atoms with van der Waals surface area (Å²) in [4.78, 5) is 2.76. The molecule has 1 N–H and O–H groups in total. The molecule has 2 heteroatoms. The van der Waals surface area contributed by atoms with Crippen molar-refractivity contribution in [2.45, 2.75) is 95.7 Å². The van der Waals surface area contributed by atoms with E-state index in [-0.39, 0.29) is 6.10 Å². The van der Waals surface area contributed by atoms with Gasteiger partial charge in [0.15, 0.2) is 0 Å². The third-order valence-corrected chi connectivity index (χ3v) is 6.30. The quantitative estimate of drug-likeness (QED) is 0.845. The van der Waals surface area contributed by atoms with E-state index in [2.05, 4.69) is 11.8 Å². The van der Waals surface area contributed by atoms with Gasteiger partial charge in [0.25, 0.3) is 0 Å². The van der Waals surface area contributed by atoms with E-state index in [4.69, 9.17) is 0 Å². The van der Waals surface area contributed by atoms with Crippen LogP contribution in [0.4, 0.5) is 0 Å². The molecular weight excluding hydrogens is 246 g/mol. The molecule has 20 heavy (non-hydrogen) atoms. The van der Waals surface area contributed by atoms with Crippen LogP contribution in [0.25, 0.3) is 0 Å². The minimum Gasteiger partial charge on any atom is -0.391 e. The fourth-order valence-electron chi connectivity index (χ4n) is 5.32. The van der Waals surface area contributed by atoms with Crippen LogP contribution in [-0.2, 0) is 0 Å². The summed E-state index contributed by atoms with van der Waals surface area (Å²) in [7, 11) is 0. The zero-order chi connectivity index (χ0) is 13.9. The Morgan fingerprint density at radius 3 is 2.60 bits per heavy atom. The number of aliphatic hydroxyl groups is 1. The normalized spacial score (nSPS) is 43.2. The van der Waals surface area contributed by atoms with Gasteiger partial charge < -0.3 is 5.11 Å². The highest BCUT2D eigenvalue weighted by molar-refractivity contribution is 4.95. The average Bonchev–Trinajstić information content (AvgIpc) is 2.49. The second-order valence-electron chi connectivity index (χ2n) is 7.59. The van der Waals surface area contributed by atoms with Crippen molar-refractivity contribution in [3.05, 3.63) is 0 Å². The molecule has 3 unspecified atom stereocenters. The van der Waals surface area contributed by atoms with Crippen molar-refractivity contribution in [2.75, 3.05) is 6.54 Å². The fraction of sp³-hybridized carbons (Fsp3) is 1.00.